The molecular weight excluding hydrogens is 445 g/mol. The summed E-state index contributed by atoms with van der Waals surface area (Å²) in [6.45, 7) is -0.503. The fourth-order valence-electron chi connectivity index (χ4n) is 3.18. The maximum atomic E-state index is 13.0. The van der Waals surface area contributed by atoms with E-state index >= 15 is 0 Å². The number of methoxy groups -OCH3 is 2. The third-order valence-electron chi connectivity index (χ3n) is 4.69. The number of nitrogens with zero attached hydrogens (tertiary/aromatic N) is 1. The molecule has 0 spiro atoms. The molecule has 33 heavy (non-hydrogen) atoms. The number of ether oxygens (including phenoxy) is 3. The van der Waals surface area contributed by atoms with Gasteiger partial charge in [-0.05, 0) is 36.4 Å². The molecule has 1 aliphatic rings. The van der Waals surface area contributed by atoms with Crippen molar-refractivity contribution in [3.8, 4) is 11.5 Å². The van der Waals surface area contributed by atoms with Crippen molar-refractivity contribution in [3.05, 3.63) is 65.4 Å². The van der Waals surface area contributed by atoms with Gasteiger partial charge in [0.25, 0.3) is 11.8 Å². The third-order valence-corrected chi connectivity index (χ3v) is 4.69. The molecule has 3 rings (SSSR count). The Bertz CT molecular complexity index is 1070. The molecule has 0 unspecified atom stereocenters. The number of nitrogens with one attached hydrogen (secondary N) is 1. The zero-order chi connectivity index (χ0) is 24.2. The Kier molecular flexibility index (Phi) is 7.36. The molecule has 0 atom stereocenters. The van der Waals surface area contributed by atoms with E-state index in [-0.39, 0.29) is 30.3 Å². The summed E-state index contributed by atoms with van der Waals surface area (Å²) in [5.41, 5.74) is -0.165. The molecule has 0 aliphatic carbocycles. The second-order valence-corrected chi connectivity index (χ2v) is 6.89. The summed E-state index contributed by atoms with van der Waals surface area (Å²) >= 11 is 0. The fourth-order valence-corrected chi connectivity index (χ4v) is 3.18. The summed E-state index contributed by atoms with van der Waals surface area (Å²) in [4.78, 5) is 25.2. The maximum absolute atomic E-state index is 13.0. The van der Waals surface area contributed by atoms with Crippen molar-refractivity contribution in [2.45, 2.75) is 12.5 Å². The molecule has 1 heterocycles. The minimum Gasteiger partial charge on any atom is -0.457 e. The summed E-state index contributed by atoms with van der Waals surface area (Å²) in [5, 5.41) is 11.8. The molecule has 0 bridgehead atoms. The Labute approximate surface area is 187 Å². The van der Waals surface area contributed by atoms with Crippen LogP contribution in [0.4, 0.5) is 18.9 Å². The highest BCUT2D eigenvalue weighted by Gasteiger charge is 2.32. The molecule has 0 aromatic heterocycles. The molecule has 8 nitrogen and oxygen atoms in total. The van der Waals surface area contributed by atoms with Gasteiger partial charge in [-0.2, -0.15) is 13.2 Å². The van der Waals surface area contributed by atoms with Gasteiger partial charge in [0.1, 0.15) is 17.2 Å². The minimum atomic E-state index is -4.53. The van der Waals surface area contributed by atoms with Gasteiger partial charge >= 0.3 is 6.18 Å². The predicted octanol–water partition coefficient (Wildman–Crippen LogP) is 3.45. The minimum absolute atomic E-state index is 0.00247. The smallest absolute Gasteiger partial charge is 0.416 e. The van der Waals surface area contributed by atoms with E-state index in [2.05, 4.69) is 5.32 Å². The number of rotatable bonds is 9. The number of β-amino-alcohol motifs (C(OH)–C–C–N with tert-alkyl or cyclic N) is 1. The van der Waals surface area contributed by atoms with Crippen LogP contribution in [-0.4, -0.2) is 49.2 Å². The average molecular weight is 466 g/mol. The van der Waals surface area contributed by atoms with Crippen LogP contribution in [0.2, 0.25) is 0 Å². The van der Waals surface area contributed by atoms with E-state index in [0.29, 0.717) is 11.3 Å². The normalized spacial score (nSPS) is 14.2. The Balaban J connectivity index is 1.90. The number of halogens is 3. The standard InChI is InChI=1S/C22H21F3N2O6/c1-31-21(32-2)16-11-14(26-17-12-19(29)27(8-9-28)20(17)30)6-7-18(16)33-15-5-3-4-13(10-15)22(23,24)25/h3-7,10-12,21,26,28H,8-9H2,1-2H3. The number of hydrogen-bond donors (Lipinski definition) is 2. The predicted molar refractivity (Wildman–Crippen MR) is 110 cm³/mol. The number of alkyl halides is 3. The Hall–Kier alpha value is -3.41. The van der Waals surface area contributed by atoms with Crippen LogP contribution in [-0.2, 0) is 25.2 Å². The van der Waals surface area contributed by atoms with Gasteiger partial charge in [-0.15, -0.1) is 0 Å². The highest BCUT2D eigenvalue weighted by Crippen LogP contribution is 2.37. The lowest BCUT2D eigenvalue weighted by molar-refractivity contribution is -0.138. The van der Waals surface area contributed by atoms with Crippen molar-refractivity contribution >= 4 is 17.5 Å². The van der Waals surface area contributed by atoms with Gasteiger partial charge in [-0.1, -0.05) is 6.07 Å². The van der Waals surface area contributed by atoms with E-state index in [1.54, 1.807) is 0 Å². The Morgan fingerprint density at radius 2 is 1.82 bits per heavy atom. The number of carbonyl (C=O) groups is 2. The quantitative estimate of drug-likeness (QED) is 0.432. The van der Waals surface area contributed by atoms with E-state index in [1.165, 1.54) is 44.6 Å². The van der Waals surface area contributed by atoms with Crippen LogP contribution in [0.5, 0.6) is 11.5 Å². The SMILES string of the molecule is COC(OC)c1cc(NC2=CC(=O)N(CCO)C2=O)ccc1Oc1cccc(C(F)(F)F)c1. The van der Waals surface area contributed by atoms with Gasteiger partial charge in [0.05, 0.1) is 24.3 Å². The van der Waals surface area contributed by atoms with Crippen LogP contribution < -0.4 is 10.1 Å². The first kappa shape index (κ1) is 24.2. The fraction of sp³-hybridized carbons (Fsp3) is 0.273. The molecule has 2 aromatic rings. The molecule has 2 amide bonds. The summed E-state index contributed by atoms with van der Waals surface area (Å²) < 4.78 is 55.3. The lowest BCUT2D eigenvalue weighted by Crippen LogP contribution is -2.34. The first-order chi connectivity index (χ1) is 15.7. The molecule has 0 saturated carbocycles. The number of imide groups is 1. The monoisotopic (exact) mass is 466 g/mol. The van der Waals surface area contributed by atoms with Crippen molar-refractivity contribution in [1.82, 2.24) is 4.90 Å². The first-order valence-electron chi connectivity index (χ1n) is 9.68. The van der Waals surface area contributed by atoms with Crippen LogP contribution in [0.25, 0.3) is 0 Å². The summed E-state index contributed by atoms with van der Waals surface area (Å²) in [6.07, 6.45) is -4.36. The van der Waals surface area contributed by atoms with Crippen LogP contribution in [0.3, 0.4) is 0 Å². The largest absolute Gasteiger partial charge is 0.457 e. The van der Waals surface area contributed by atoms with E-state index < -0.39 is 29.8 Å². The maximum Gasteiger partial charge on any atom is 0.416 e. The molecule has 11 heteroatoms. The van der Waals surface area contributed by atoms with Crippen LogP contribution >= 0.6 is 0 Å². The van der Waals surface area contributed by atoms with Crippen molar-refractivity contribution in [2.75, 3.05) is 32.7 Å². The lowest BCUT2D eigenvalue weighted by Gasteiger charge is -2.20. The van der Waals surface area contributed by atoms with Crippen LogP contribution in [0, 0.1) is 0 Å². The van der Waals surface area contributed by atoms with Gasteiger partial charge in [-0.25, -0.2) is 0 Å². The van der Waals surface area contributed by atoms with Gasteiger partial charge in [0.15, 0.2) is 6.29 Å². The highest BCUT2D eigenvalue weighted by atomic mass is 19.4. The molecule has 1 aliphatic heterocycles. The molecule has 0 fully saturated rings. The molecular formula is C22H21F3N2O6. The van der Waals surface area contributed by atoms with Crippen molar-refractivity contribution in [1.29, 1.82) is 0 Å². The first-order valence-corrected chi connectivity index (χ1v) is 9.68. The highest BCUT2D eigenvalue weighted by molar-refractivity contribution is 6.17. The van der Waals surface area contributed by atoms with Gasteiger partial charge < -0.3 is 24.6 Å². The number of aliphatic hydroxyl groups excluding tert-OH is 1. The Morgan fingerprint density at radius 1 is 1.09 bits per heavy atom. The molecule has 2 aromatic carbocycles. The van der Waals surface area contributed by atoms with Crippen molar-refractivity contribution in [3.63, 3.8) is 0 Å². The Morgan fingerprint density at radius 3 is 2.45 bits per heavy atom. The number of hydrogen-bond acceptors (Lipinski definition) is 7. The summed E-state index contributed by atoms with van der Waals surface area (Å²) in [6, 6.07) is 8.91. The van der Waals surface area contributed by atoms with Crippen molar-refractivity contribution in [2.24, 2.45) is 0 Å². The zero-order valence-electron chi connectivity index (χ0n) is 17.7. The van der Waals surface area contributed by atoms with Gasteiger partial charge in [0.2, 0.25) is 0 Å². The summed E-state index contributed by atoms with van der Waals surface area (Å²) in [7, 11) is 2.74. The van der Waals surface area contributed by atoms with E-state index in [1.807, 2.05) is 0 Å². The molecule has 2 N–H and O–H groups in total. The number of amides is 2. The molecule has 176 valence electrons. The topological polar surface area (TPSA) is 97.3 Å². The average Bonchev–Trinajstić information content (AvgIpc) is 3.03. The number of aliphatic hydroxyl groups is 1. The molecule has 0 saturated heterocycles. The van der Waals surface area contributed by atoms with Crippen LogP contribution in [0.15, 0.2) is 54.2 Å². The zero-order valence-corrected chi connectivity index (χ0v) is 17.7. The number of carbonyl (C=O) groups excluding carboxylic acids is 2. The second kappa shape index (κ2) is 10.0. The third kappa shape index (κ3) is 5.51. The molecule has 0 radical (unpaired) electrons. The number of anilines is 1. The van der Waals surface area contributed by atoms with Gasteiger partial charge in [0, 0.05) is 26.0 Å². The second-order valence-electron chi connectivity index (χ2n) is 6.89. The number of benzene rings is 2. The van der Waals surface area contributed by atoms with Crippen molar-refractivity contribution < 1.29 is 42.1 Å². The lowest BCUT2D eigenvalue weighted by atomic mass is 10.1. The van der Waals surface area contributed by atoms with Gasteiger partial charge in [-0.3, -0.25) is 14.5 Å². The van der Waals surface area contributed by atoms with Crippen LogP contribution in [0.1, 0.15) is 17.4 Å². The van der Waals surface area contributed by atoms with E-state index in [4.69, 9.17) is 19.3 Å². The van der Waals surface area contributed by atoms with E-state index in [9.17, 15) is 22.8 Å². The summed E-state index contributed by atoms with van der Waals surface area (Å²) in [5.74, 6) is -1.04. The van der Waals surface area contributed by atoms with E-state index in [0.717, 1.165) is 23.1 Å².